The number of azide groups is 1. The van der Waals surface area contributed by atoms with Crippen molar-refractivity contribution in [3.05, 3.63) is 40.8 Å². The van der Waals surface area contributed by atoms with E-state index in [-0.39, 0.29) is 0 Å². The van der Waals surface area contributed by atoms with Crippen molar-refractivity contribution in [2.24, 2.45) is 5.11 Å². The van der Waals surface area contributed by atoms with Gasteiger partial charge in [-0.3, -0.25) is 0 Å². The van der Waals surface area contributed by atoms with Crippen LogP contribution in [0.5, 0.6) is 0 Å². The highest BCUT2D eigenvalue weighted by Crippen LogP contribution is 2.04. The van der Waals surface area contributed by atoms with Crippen LogP contribution in [-0.4, -0.2) is 10.3 Å². The summed E-state index contributed by atoms with van der Waals surface area (Å²) in [7, 11) is -1.35. The van der Waals surface area contributed by atoms with Crippen molar-refractivity contribution < 1.29 is 4.21 Å². The highest BCUT2D eigenvalue weighted by atomic mass is 32.2. The van der Waals surface area contributed by atoms with Gasteiger partial charge in [-0.1, -0.05) is 29.2 Å². The van der Waals surface area contributed by atoms with E-state index in [4.69, 9.17) is 5.53 Å². The van der Waals surface area contributed by atoms with Crippen molar-refractivity contribution in [1.82, 2.24) is 0 Å². The Hall–Kier alpha value is -1.76. The van der Waals surface area contributed by atoms with Crippen molar-refractivity contribution >= 4 is 10.8 Å². The number of hydrogen-bond acceptors (Lipinski definition) is 2. The first-order valence-electron chi connectivity index (χ1n) is 4.26. The van der Waals surface area contributed by atoms with Crippen molar-refractivity contribution in [2.75, 3.05) is 0 Å². The first-order chi connectivity index (χ1) is 7.24. The Morgan fingerprint density at radius 2 is 2.13 bits per heavy atom. The van der Waals surface area contributed by atoms with E-state index in [2.05, 4.69) is 21.2 Å². The van der Waals surface area contributed by atoms with Crippen LogP contribution < -0.4 is 0 Å². The molecule has 2 unspecified atom stereocenters. The third-order valence-electron chi connectivity index (χ3n) is 1.54. The monoisotopic (exact) mass is 219 g/mol. The fraction of sp³-hybridized carbons (Fsp3) is 0.200. The molecule has 0 radical (unpaired) electrons. The maximum absolute atomic E-state index is 11.6. The van der Waals surface area contributed by atoms with E-state index in [9.17, 15) is 4.21 Å². The number of rotatable bonds is 2. The van der Waals surface area contributed by atoms with E-state index in [0.29, 0.717) is 4.90 Å². The topological polar surface area (TPSA) is 65.8 Å². The normalized spacial score (nSPS) is 12.9. The second-order valence-corrected chi connectivity index (χ2v) is 3.92. The molecule has 0 N–H and O–H groups in total. The van der Waals surface area contributed by atoms with Crippen molar-refractivity contribution in [3.63, 3.8) is 0 Å². The average Bonchev–Trinajstić information content (AvgIpc) is 2.27. The molecular weight excluding hydrogens is 210 g/mol. The SMILES string of the molecule is CC(C#CS(=O)c1ccccc1)N=[N+]=[N-]. The maximum atomic E-state index is 11.6. The van der Waals surface area contributed by atoms with Crippen LogP contribution in [0.2, 0.25) is 0 Å². The van der Waals surface area contributed by atoms with Crippen molar-refractivity contribution in [1.29, 1.82) is 0 Å². The predicted molar refractivity (Wildman–Crippen MR) is 59.2 cm³/mol. The lowest BCUT2D eigenvalue weighted by Gasteiger charge is -1.92. The molecule has 0 fully saturated rings. The molecule has 1 aromatic rings. The van der Waals surface area contributed by atoms with Gasteiger partial charge >= 0.3 is 0 Å². The van der Waals surface area contributed by atoms with Gasteiger partial charge in [0.15, 0.2) is 0 Å². The fourth-order valence-corrected chi connectivity index (χ4v) is 1.65. The van der Waals surface area contributed by atoms with Gasteiger partial charge in [0.05, 0.1) is 10.9 Å². The molecule has 0 amide bonds. The van der Waals surface area contributed by atoms with Gasteiger partial charge in [-0.25, -0.2) is 4.21 Å². The molecule has 76 valence electrons. The minimum atomic E-state index is -1.35. The Bertz CT molecular complexity index is 455. The maximum Gasteiger partial charge on any atom is 0.130 e. The lowest BCUT2D eigenvalue weighted by Crippen LogP contribution is -1.92. The molecule has 0 saturated carbocycles. The largest absolute Gasteiger partial charge is 0.240 e. The molecule has 0 bridgehead atoms. The molecule has 1 rings (SSSR count). The summed E-state index contributed by atoms with van der Waals surface area (Å²) >= 11 is 0. The molecule has 0 aliphatic carbocycles. The molecule has 0 aliphatic rings. The fourth-order valence-electron chi connectivity index (χ4n) is 0.848. The quantitative estimate of drug-likeness (QED) is 0.326. The van der Waals surface area contributed by atoms with Gasteiger partial charge in [-0.05, 0) is 24.6 Å². The van der Waals surface area contributed by atoms with Gasteiger partial charge in [0.2, 0.25) is 0 Å². The third kappa shape index (κ3) is 3.86. The Balaban J connectivity index is 2.76. The molecule has 0 spiro atoms. The van der Waals surface area contributed by atoms with E-state index in [1.54, 1.807) is 31.2 Å². The Labute approximate surface area is 90.4 Å². The molecule has 0 aliphatic heterocycles. The van der Waals surface area contributed by atoms with Crippen LogP contribution in [0.1, 0.15) is 6.92 Å². The Morgan fingerprint density at radius 3 is 2.73 bits per heavy atom. The molecule has 15 heavy (non-hydrogen) atoms. The molecule has 0 aromatic heterocycles. The molecule has 1 aromatic carbocycles. The van der Waals surface area contributed by atoms with E-state index >= 15 is 0 Å². The van der Waals surface area contributed by atoms with E-state index < -0.39 is 16.8 Å². The Kier molecular flexibility index (Phi) is 4.42. The standard InChI is InChI=1S/C10H9N3OS/c1-9(12-13-11)7-8-15(14)10-5-3-2-4-6-10/h2-6,9H,1H3. The van der Waals surface area contributed by atoms with Crippen LogP contribution in [0.25, 0.3) is 10.4 Å². The van der Waals surface area contributed by atoms with Crippen molar-refractivity contribution in [3.8, 4) is 11.2 Å². The second kappa shape index (κ2) is 5.86. The van der Waals surface area contributed by atoms with E-state index in [0.717, 1.165) is 0 Å². The zero-order chi connectivity index (χ0) is 11.1. The van der Waals surface area contributed by atoms with Gasteiger partial charge in [-0.15, -0.1) is 0 Å². The lowest BCUT2D eigenvalue weighted by molar-refractivity contribution is 0.689. The first kappa shape index (κ1) is 11.3. The first-order valence-corrected chi connectivity index (χ1v) is 5.41. The van der Waals surface area contributed by atoms with Crippen LogP contribution in [0.4, 0.5) is 0 Å². The summed E-state index contributed by atoms with van der Waals surface area (Å²) < 4.78 is 11.6. The summed E-state index contributed by atoms with van der Waals surface area (Å²) in [5.41, 5.74) is 8.13. The predicted octanol–water partition coefficient (Wildman–Crippen LogP) is 2.45. The number of hydrogen-bond donors (Lipinski definition) is 0. The minimum Gasteiger partial charge on any atom is -0.240 e. The number of benzene rings is 1. The summed E-state index contributed by atoms with van der Waals surface area (Å²) in [6.45, 7) is 1.65. The molecule has 5 heteroatoms. The zero-order valence-corrected chi connectivity index (χ0v) is 8.94. The van der Waals surface area contributed by atoms with Gasteiger partial charge in [-0.2, -0.15) is 0 Å². The van der Waals surface area contributed by atoms with Crippen molar-refractivity contribution in [2.45, 2.75) is 17.9 Å². The smallest absolute Gasteiger partial charge is 0.130 e. The van der Waals surface area contributed by atoms with Crippen LogP contribution in [0.3, 0.4) is 0 Å². The Morgan fingerprint density at radius 1 is 1.47 bits per heavy atom. The van der Waals surface area contributed by atoms with Crippen LogP contribution in [0, 0.1) is 11.2 Å². The van der Waals surface area contributed by atoms with Crippen LogP contribution in [-0.2, 0) is 10.8 Å². The zero-order valence-electron chi connectivity index (χ0n) is 8.12. The molecule has 2 atom stereocenters. The molecule has 4 nitrogen and oxygen atoms in total. The van der Waals surface area contributed by atoms with Gasteiger partial charge in [0, 0.05) is 10.2 Å². The summed E-state index contributed by atoms with van der Waals surface area (Å²) in [4.78, 5) is 3.26. The second-order valence-electron chi connectivity index (χ2n) is 2.71. The van der Waals surface area contributed by atoms with Gasteiger partial charge in [0.1, 0.15) is 10.8 Å². The van der Waals surface area contributed by atoms with Crippen LogP contribution >= 0.6 is 0 Å². The van der Waals surface area contributed by atoms with Gasteiger partial charge in [0.25, 0.3) is 0 Å². The van der Waals surface area contributed by atoms with Gasteiger partial charge < -0.3 is 0 Å². The highest BCUT2D eigenvalue weighted by molar-refractivity contribution is 7.89. The third-order valence-corrected chi connectivity index (χ3v) is 2.55. The molecule has 0 heterocycles. The lowest BCUT2D eigenvalue weighted by atomic mass is 10.4. The van der Waals surface area contributed by atoms with E-state index in [1.807, 2.05) is 6.07 Å². The summed E-state index contributed by atoms with van der Waals surface area (Å²) in [5.74, 6) is 2.61. The summed E-state index contributed by atoms with van der Waals surface area (Å²) in [6, 6.07) is 8.46. The molecule has 0 saturated heterocycles. The summed E-state index contributed by atoms with van der Waals surface area (Å²) in [6.07, 6.45) is 0. The summed E-state index contributed by atoms with van der Waals surface area (Å²) in [5, 5.41) is 5.90. The average molecular weight is 219 g/mol. The highest BCUT2D eigenvalue weighted by Gasteiger charge is 1.97. The molecular formula is C10H9N3OS. The minimum absolute atomic E-state index is 0.456. The van der Waals surface area contributed by atoms with E-state index in [1.165, 1.54) is 0 Å². The number of nitrogens with zero attached hydrogens (tertiary/aromatic N) is 3. The van der Waals surface area contributed by atoms with Crippen LogP contribution in [0.15, 0.2) is 40.3 Å².